The molecule has 0 aliphatic carbocycles. The first-order valence-electron chi connectivity index (χ1n) is 7.90. The van der Waals surface area contributed by atoms with E-state index in [1.54, 1.807) is 0 Å². The van der Waals surface area contributed by atoms with Crippen molar-refractivity contribution in [3.63, 3.8) is 0 Å². The molecule has 2 rings (SSSR count). The van der Waals surface area contributed by atoms with Gasteiger partial charge in [-0.15, -0.1) is 0 Å². The monoisotopic (exact) mass is 275 g/mol. The molecule has 1 unspecified atom stereocenters. The highest BCUT2D eigenvalue weighted by atomic mass is 16.3. The third-order valence-corrected chi connectivity index (χ3v) is 4.56. The molecule has 20 heavy (non-hydrogen) atoms. The maximum atomic E-state index is 10.2. The topological polar surface area (TPSA) is 23.5 Å². The molecule has 1 fully saturated rings. The van der Waals surface area contributed by atoms with Crippen molar-refractivity contribution < 1.29 is 5.11 Å². The molecule has 1 aromatic carbocycles. The van der Waals surface area contributed by atoms with Gasteiger partial charge in [0.1, 0.15) is 0 Å². The van der Waals surface area contributed by atoms with Crippen LogP contribution in [0.1, 0.15) is 57.6 Å². The Kier molecular flexibility index (Phi) is 4.87. The second kappa shape index (κ2) is 6.28. The number of likely N-dealkylation sites (tertiary alicyclic amines) is 1. The summed E-state index contributed by atoms with van der Waals surface area (Å²) < 4.78 is 0. The minimum Gasteiger partial charge on any atom is -0.390 e. The van der Waals surface area contributed by atoms with Crippen molar-refractivity contribution in [2.45, 2.75) is 58.6 Å². The Balaban J connectivity index is 1.96. The van der Waals surface area contributed by atoms with Crippen LogP contribution >= 0.6 is 0 Å². The highest BCUT2D eigenvalue weighted by Gasteiger charge is 2.31. The van der Waals surface area contributed by atoms with Crippen LogP contribution in [0.5, 0.6) is 0 Å². The molecular weight excluding hydrogens is 246 g/mol. The third kappa shape index (κ3) is 4.07. The van der Waals surface area contributed by atoms with Crippen molar-refractivity contribution in [3.05, 3.63) is 35.4 Å². The molecule has 1 aromatic rings. The van der Waals surface area contributed by atoms with Gasteiger partial charge in [-0.05, 0) is 56.2 Å². The summed E-state index contributed by atoms with van der Waals surface area (Å²) in [6.07, 6.45) is 2.34. The van der Waals surface area contributed by atoms with Gasteiger partial charge in [-0.2, -0.15) is 0 Å². The molecule has 0 bridgehead atoms. The number of rotatable bonds is 4. The fraction of sp³-hybridized carbons (Fsp3) is 0.667. The van der Waals surface area contributed by atoms with Gasteiger partial charge in [0.2, 0.25) is 0 Å². The van der Waals surface area contributed by atoms with Gasteiger partial charge in [0.15, 0.2) is 0 Å². The number of benzene rings is 1. The van der Waals surface area contributed by atoms with E-state index >= 15 is 0 Å². The number of hydrogen-bond acceptors (Lipinski definition) is 2. The first-order chi connectivity index (χ1) is 9.36. The Labute approximate surface area is 123 Å². The van der Waals surface area contributed by atoms with Gasteiger partial charge in [0.25, 0.3) is 0 Å². The summed E-state index contributed by atoms with van der Waals surface area (Å²) in [6, 6.07) is 9.00. The van der Waals surface area contributed by atoms with Gasteiger partial charge >= 0.3 is 0 Å². The van der Waals surface area contributed by atoms with Crippen LogP contribution in [0.25, 0.3) is 0 Å². The lowest BCUT2D eigenvalue weighted by molar-refractivity contribution is -0.0198. The molecule has 0 saturated carbocycles. The lowest BCUT2D eigenvalue weighted by atomic mass is 9.84. The van der Waals surface area contributed by atoms with E-state index in [4.69, 9.17) is 0 Å². The summed E-state index contributed by atoms with van der Waals surface area (Å²) in [5, 5.41) is 10.2. The lowest BCUT2D eigenvalue weighted by Crippen LogP contribution is -2.44. The zero-order valence-corrected chi connectivity index (χ0v) is 13.4. The first-order valence-corrected chi connectivity index (χ1v) is 7.90. The minimum atomic E-state index is -0.555. The molecule has 0 radical (unpaired) electrons. The van der Waals surface area contributed by atoms with Gasteiger partial charge < -0.3 is 5.11 Å². The molecule has 2 heteroatoms. The summed E-state index contributed by atoms with van der Waals surface area (Å²) >= 11 is 0. The Bertz CT molecular complexity index is 416. The Hall–Kier alpha value is -0.860. The van der Waals surface area contributed by atoms with Crippen LogP contribution in [-0.2, 0) is 6.54 Å². The van der Waals surface area contributed by atoms with Crippen LogP contribution in [0, 0.1) is 5.92 Å². The van der Waals surface area contributed by atoms with Crippen molar-refractivity contribution in [1.29, 1.82) is 0 Å². The number of aliphatic hydroxyl groups is 1. The Morgan fingerprint density at radius 2 is 1.90 bits per heavy atom. The minimum absolute atomic E-state index is 0.395. The highest BCUT2D eigenvalue weighted by Crippen LogP contribution is 2.27. The zero-order chi connectivity index (χ0) is 14.8. The SMILES string of the molecule is CC(C)c1ccc(CN2CCCC(C(C)(C)O)C2)cc1. The molecule has 112 valence electrons. The maximum Gasteiger partial charge on any atom is 0.0632 e. The van der Waals surface area contributed by atoms with Crippen LogP contribution in [0.4, 0.5) is 0 Å². The predicted molar refractivity (Wildman–Crippen MR) is 84.8 cm³/mol. The maximum absolute atomic E-state index is 10.2. The van der Waals surface area contributed by atoms with Gasteiger partial charge in [0.05, 0.1) is 5.60 Å². The van der Waals surface area contributed by atoms with Crippen molar-refractivity contribution in [1.82, 2.24) is 4.90 Å². The van der Waals surface area contributed by atoms with Crippen molar-refractivity contribution in [3.8, 4) is 0 Å². The van der Waals surface area contributed by atoms with Crippen LogP contribution in [0.2, 0.25) is 0 Å². The van der Waals surface area contributed by atoms with Crippen molar-refractivity contribution >= 4 is 0 Å². The molecule has 0 amide bonds. The van der Waals surface area contributed by atoms with Crippen LogP contribution in [-0.4, -0.2) is 28.7 Å². The quantitative estimate of drug-likeness (QED) is 0.903. The van der Waals surface area contributed by atoms with E-state index in [0.717, 1.165) is 26.1 Å². The van der Waals surface area contributed by atoms with Gasteiger partial charge in [-0.3, -0.25) is 4.90 Å². The highest BCUT2D eigenvalue weighted by molar-refractivity contribution is 5.24. The van der Waals surface area contributed by atoms with Crippen LogP contribution < -0.4 is 0 Å². The van der Waals surface area contributed by atoms with Crippen molar-refractivity contribution in [2.75, 3.05) is 13.1 Å². The molecule has 1 heterocycles. The first kappa shape index (κ1) is 15.5. The van der Waals surface area contributed by atoms with Gasteiger partial charge in [0, 0.05) is 13.1 Å². The molecule has 0 aromatic heterocycles. The van der Waals surface area contributed by atoms with Gasteiger partial charge in [-0.1, -0.05) is 38.1 Å². The number of hydrogen-bond donors (Lipinski definition) is 1. The van der Waals surface area contributed by atoms with Crippen LogP contribution in [0.15, 0.2) is 24.3 Å². The van der Waals surface area contributed by atoms with Crippen molar-refractivity contribution in [2.24, 2.45) is 5.92 Å². The molecule has 2 nitrogen and oxygen atoms in total. The number of piperidine rings is 1. The third-order valence-electron chi connectivity index (χ3n) is 4.56. The average Bonchev–Trinajstić information content (AvgIpc) is 2.38. The van der Waals surface area contributed by atoms with E-state index in [-0.39, 0.29) is 0 Å². The van der Waals surface area contributed by atoms with E-state index in [2.05, 4.69) is 43.0 Å². The molecule has 1 aliphatic rings. The van der Waals surface area contributed by atoms with Crippen LogP contribution in [0.3, 0.4) is 0 Å². The zero-order valence-electron chi connectivity index (χ0n) is 13.4. The molecular formula is C18H29NO. The summed E-state index contributed by atoms with van der Waals surface area (Å²) in [4.78, 5) is 2.48. The molecule has 0 spiro atoms. The molecule has 1 aliphatic heterocycles. The fourth-order valence-electron chi connectivity index (χ4n) is 3.04. The molecule has 1 atom stereocenters. The molecule has 1 N–H and O–H groups in total. The predicted octanol–water partition coefficient (Wildman–Crippen LogP) is 3.79. The van der Waals surface area contributed by atoms with E-state index in [0.29, 0.717) is 11.8 Å². The summed E-state index contributed by atoms with van der Waals surface area (Å²) in [6.45, 7) is 11.5. The second-order valence-electron chi connectivity index (χ2n) is 7.12. The second-order valence-corrected chi connectivity index (χ2v) is 7.12. The summed E-state index contributed by atoms with van der Waals surface area (Å²) in [7, 11) is 0. The summed E-state index contributed by atoms with van der Waals surface area (Å²) in [5.74, 6) is 0.991. The standard InChI is InChI=1S/C18H29NO/c1-14(2)16-9-7-15(8-10-16)12-19-11-5-6-17(13-19)18(3,4)20/h7-10,14,17,20H,5-6,11-13H2,1-4H3. The van der Waals surface area contributed by atoms with E-state index < -0.39 is 5.60 Å². The van der Waals surface area contributed by atoms with E-state index in [9.17, 15) is 5.11 Å². The van der Waals surface area contributed by atoms with Gasteiger partial charge in [-0.25, -0.2) is 0 Å². The smallest absolute Gasteiger partial charge is 0.0632 e. The largest absolute Gasteiger partial charge is 0.390 e. The Morgan fingerprint density at radius 1 is 1.25 bits per heavy atom. The van der Waals surface area contributed by atoms with E-state index in [1.165, 1.54) is 17.5 Å². The Morgan fingerprint density at radius 3 is 2.45 bits per heavy atom. The fourth-order valence-corrected chi connectivity index (χ4v) is 3.04. The number of nitrogens with zero attached hydrogens (tertiary/aromatic N) is 1. The lowest BCUT2D eigenvalue weighted by Gasteiger charge is -2.38. The summed E-state index contributed by atoms with van der Waals surface area (Å²) in [5.41, 5.74) is 2.23. The average molecular weight is 275 g/mol. The molecule has 1 saturated heterocycles. The van der Waals surface area contributed by atoms with E-state index in [1.807, 2.05) is 13.8 Å². The normalized spacial score (nSPS) is 21.4.